The van der Waals surface area contributed by atoms with Gasteiger partial charge in [0.05, 0.1) is 0 Å². The minimum absolute atomic E-state index is 0.0133. The normalized spacial score (nSPS) is 39.1. The molecule has 0 spiro atoms. The van der Waals surface area contributed by atoms with E-state index >= 15 is 0 Å². The lowest BCUT2D eigenvalue weighted by Crippen LogP contribution is -2.50. The summed E-state index contributed by atoms with van der Waals surface area (Å²) < 4.78 is 5.80. The van der Waals surface area contributed by atoms with Crippen LogP contribution in [0.3, 0.4) is 0 Å². The molecule has 0 radical (unpaired) electrons. The molecule has 0 aromatic heterocycles. The molecule has 0 aromatic rings. The van der Waals surface area contributed by atoms with Gasteiger partial charge in [0.25, 0.3) is 0 Å². The van der Waals surface area contributed by atoms with Gasteiger partial charge >= 0.3 is 6.09 Å². The van der Waals surface area contributed by atoms with Crippen molar-refractivity contribution in [2.24, 2.45) is 40.4 Å². The number of ether oxygens (including phenoxy) is 1. The van der Waals surface area contributed by atoms with Crippen LogP contribution in [0.15, 0.2) is 11.6 Å². The summed E-state index contributed by atoms with van der Waals surface area (Å²) in [5.74, 6) is 4.35. The lowest BCUT2D eigenvalue weighted by Gasteiger charge is -2.58. The Morgan fingerprint density at radius 1 is 1.12 bits per heavy atom. The molecule has 4 nitrogen and oxygen atoms in total. The number of fused-ring (bicyclic) bond motifs is 5. The average molecular weight is 474 g/mol. The van der Waals surface area contributed by atoms with Crippen molar-refractivity contribution < 1.29 is 14.6 Å². The first kappa shape index (κ1) is 26.0. The van der Waals surface area contributed by atoms with Crippen molar-refractivity contribution in [3.05, 3.63) is 11.6 Å². The summed E-state index contributed by atoms with van der Waals surface area (Å²) in [5.41, 5.74) is 2.44. The van der Waals surface area contributed by atoms with Gasteiger partial charge in [-0.1, -0.05) is 52.2 Å². The van der Waals surface area contributed by atoms with Gasteiger partial charge < -0.3 is 15.2 Å². The Morgan fingerprint density at radius 2 is 1.94 bits per heavy atom. The number of amides is 1. The first-order chi connectivity index (χ1) is 16.3. The van der Waals surface area contributed by atoms with E-state index in [1.165, 1.54) is 51.4 Å². The predicted molar refractivity (Wildman–Crippen MR) is 138 cm³/mol. The number of unbranched alkanes of at least 4 members (excludes halogenated alkanes) is 1. The maximum atomic E-state index is 12.2. The van der Waals surface area contributed by atoms with Crippen molar-refractivity contribution >= 4 is 6.09 Å². The van der Waals surface area contributed by atoms with Gasteiger partial charge in [0, 0.05) is 19.6 Å². The highest BCUT2D eigenvalue weighted by Crippen LogP contribution is 2.66. The molecule has 4 unspecified atom stereocenters. The Morgan fingerprint density at radius 3 is 2.71 bits per heavy atom. The number of carbonyl (C=O) groups excluding carboxylic acids is 1. The highest BCUT2D eigenvalue weighted by molar-refractivity contribution is 5.67. The summed E-state index contributed by atoms with van der Waals surface area (Å²) in [6, 6.07) is 0. The molecule has 0 heterocycles. The van der Waals surface area contributed by atoms with Crippen LogP contribution in [0.4, 0.5) is 4.79 Å². The summed E-state index contributed by atoms with van der Waals surface area (Å²) in [6.07, 6.45) is 18.1. The van der Waals surface area contributed by atoms with Crippen molar-refractivity contribution in [2.75, 3.05) is 13.2 Å². The molecule has 7 atom stereocenters. The smallest absolute Gasteiger partial charge is 0.407 e. The molecule has 0 bridgehead atoms. The van der Waals surface area contributed by atoms with Crippen LogP contribution in [0.5, 0.6) is 0 Å². The minimum Gasteiger partial charge on any atom is -0.446 e. The van der Waals surface area contributed by atoms with Crippen LogP contribution >= 0.6 is 0 Å². The van der Waals surface area contributed by atoms with Crippen molar-refractivity contribution in [1.82, 2.24) is 5.32 Å². The van der Waals surface area contributed by atoms with Crippen LogP contribution in [-0.2, 0) is 4.74 Å². The van der Waals surface area contributed by atoms with Gasteiger partial charge in [0.2, 0.25) is 0 Å². The molecule has 0 saturated heterocycles. The van der Waals surface area contributed by atoms with E-state index in [9.17, 15) is 4.79 Å². The van der Waals surface area contributed by atoms with Crippen molar-refractivity contribution in [3.8, 4) is 0 Å². The number of nitrogens with one attached hydrogen (secondary N) is 1. The molecule has 4 aliphatic carbocycles. The fraction of sp³-hybridized carbons (Fsp3) is 0.900. The molecule has 1 amide bonds. The zero-order valence-electron chi connectivity index (χ0n) is 22.4. The highest BCUT2D eigenvalue weighted by Gasteiger charge is 2.58. The van der Waals surface area contributed by atoms with Gasteiger partial charge in [-0.15, -0.1) is 0 Å². The van der Waals surface area contributed by atoms with Crippen molar-refractivity contribution in [2.45, 2.75) is 117 Å². The molecule has 4 heteroatoms. The van der Waals surface area contributed by atoms with E-state index < -0.39 is 0 Å². The number of alkyl carbamates (subject to hydrolysis) is 1. The summed E-state index contributed by atoms with van der Waals surface area (Å²) in [6.45, 7) is 10.7. The SMILES string of the molecule is CC(C)CCCC1CCC2C3CC=C4C[C@H](OC(=O)NCCCCO)CC[C@@]4(C)C3CC[C@@]12C. The molecule has 0 aliphatic heterocycles. The van der Waals surface area contributed by atoms with E-state index in [4.69, 9.17) is 9.84 Å². The summed E-state index contributed by atoms with van der Waals surface area (Å²) in [5, 5.41) is 11.7. The predicted octanol–water partition coefficient (Wildman–Crippen LogP) is 7.26. The van der Waals surface area contributed by atoms with Gasteiger partial charge in [-0.2, -0.15) is 0 Å². The Labute approximate surface area is 208 Å². The first-order valence-electron chi connectivity index (χ1n) is 14.5. The molecule has 3 saturated carbocycles. The molecular formula is C30H51NO3. The molecule has 3 fully saturated rings. The fourth-order valence-electron chi connectivity index (χ4n) is 8.70. The van der Waals surface area contributed by atoms with Crippen LogP contribution in [-0.4, -0.2) is 30.5 Å². The number of allylic oxidation sites excluding steroid dienone is 1. The first-order valence-corrected chi connectivity index (χ1v) is 14.5. The van der Waals surface area contributed by atoms with E-state index in [2.05, 4.69) is 39.1 Å². The number of hydrogen-bond donors (Lipinski definition) is 2. The third-order valence-corrected chi connectivity index (χ3v) is 10.7. The Balaban J connectivity index is 1.36. The second-order valence-electron chi connectivity index (χ2n) is 13.0. The number of aliphatic hydroxyl groups is 1. The molecule has 2 N–H and O–H groups in total. The third kappa shape index (κ3) is 5.22. The number of rotatable bonds is 9. The third-order valence-electron chi connectivity index (χ3n) is 10.7. The summed E-state index contributed by atoms with van der Waals surface area (Å²) >= 11 is 0. The zero-order chi connectivity index (χ0) is 24.3. The molecule has 4 rings (SSSR count). The topological polar surface area (TPSA) is 58.6 Å². The molecular weight excluding hydrogens is 422 g/mol. The van der Waals surface area contributed by atoms with Gasteiger partial charge in [-0.3, -0.25) is 0 Å². The highest BCUT2D eigenvalue weighted by atomic mass is 16.6. The Bertz CT molecular complexity index is 733. The summed E-state index contributed by atoms with van der Waals surface area (Å²) in [7, 11) is 0. The van der Waals surface area contributed by atoms with Crippen LogP contribution in [0, 0.1) is 40.4 Å². The van der Waals surface area contributed by atoms with Crippen molar-refractivity contribution in [1.29, 1.82) is 0 Å². The zero-order valence-corrected chi connectivity index (χ0v) is 22.4. The second kappa shape index (κ2) is 10.9. The number of hydrogen-bond acceptors (Lipinski definition) is 3. The lowest BCUT2D eigenvalue weighted by atomic mass is 9.47. The monoisotopic (exact) mass is 473 g/mol. The van der Waals surface area contributed by atoms with Crippen molar-refractivity contribution in [3.63, 3.8) is 0 Å². The molecule has 194 valence electrons. The number of aliphatic hydroxyl groups excluding tert-OH is 1. The lowest BCUT2D eigenvalue weighted by molar-refractivity contribution is -0.0519. The Kier molecular flexibility index (Phi) is 8.37. The van der Waals surface area contributed by atoms with Gasteiger partial charge in [0.15, 0.2) is 0 Å². The van der Waals surface area contributed by atoms with Crippen LogP contribution in [0.25, 0.3) is 0 Å². The van der Waals surface area contributed by atoms with E-state index in [-0.39, 0.29) is 18.8 Å². The van der Waals surface area contributed by atoms with Gasteiger partial charge in [-0.25, -0.2) is 4.79 Å². The maximum Gasteiger partial charge on any atom is 0.407 e. The number of carbonyl (C=O) groups is 1. The minimum atomic E-state index is -0.288. The quantitative estimate of drug-likeness (QED) is 0.274. The van der Waals surface area contributed by atoms with Gasteiger partial charge in [-0.05, 0) is 105 Å². The molecule has 4 aliphatic rings. The fourth-order valence-corrected chi connectivity index (χ4v) is 8.70. The standard InChI is InChI=1S/C30H51NO3/c1-21(2)8-7-9-22-11-13-26-25-12-10-23-20-24(34-28(33)31-18-5-6-19-32)14-16-30(23,4)27(25)15-17-29(22,26)3/h10,21-22,24-27,32H,5-9,11-20H2,1-4H3,(H,31,33)/t22?,24-,25?,26?,27?,29+,30-/m1/s1. The summed E-state index contributed by atoms with van der Waals surface area (Å²) in [4.78, 5) is 12.2. The second-order valence-corrected chi connectivity index (χ2v) is 13.0. The maximum absolute atomic E-state index is 12.2. The molecule has 34 heavy (non-hydrogen) atoms. The van der Waals surface area contributed by atoms with E-state index in [0.717, 1.165) is 61.7 Å². The van der Waals surface area contributed by atoms with E-state index in [0.29, 0.717) is 17.4 Å². The van der Waals surface area contributed by atoms with Crippen LogP contribution < -0.4 is 5.32 Å². The molecule has 0 aromatic carbocycles. The van der Waals surface area contributed by atoms with E-state index in [1.807, 2.05) is 0 Å². The average Bonchev–Trinajstić information content (AvgIpc) is 3.13. The van der Waals surface area contributed by atoms with E-state index in [1.54, 1.807) is 5.57 Å². The largest absolute Gasteiger partial charge is 0.446 e. The van der Waals surface area contributed by atoms with Gasteiger partial charge in [0.1, 0.15) is 6.10 Å². The van der Waals surface area contributed by atoms with Crippen LogP contribution in [0.1, 0.15) is 111 Å². The Hall–Kier alpha value is -1.03. The van der Waals surface area contributed by atoms with Crippen LogP contribution in [0.2, 0.25) is 0 Å².